The minimum absolute atomic E-state index is 0.149. The Labute approximate surface area is 121 Å². The van der Waals surface area contributed by atoms with Crippen molar-refractivity contribution in [3.8, 4) is 0 Å². The van der Waals surface area contributed by atoms with Gasteiger partial charge < -0.3 is 10.5 Å². The van der Waals surface area contributed by atoms with Crippen LogP contribution in [0.1, 0.15) is 6.92 Å². The van der Waals surface area contributed by atoms with Crippen molar-refractivity contribution in [2.75, 3.05) is 5.75 Å². The molecule has 104 valence electrons. The second-order valence-corrected chi connectivity index (χ2v) is 5.38. The summed E-state index contributed by atoms with van der Waals surface area (Å²) in [5.41, 5.74) is 5.03. The second kappa shape index (κ2) is 6.43. The van der Waals surface area contributed by atoms with Crippen LogP contribution in [0.5, 0.6) is 0 Å². The standard InChI is InChI=1S/C15H15NO3S/c1-10(15(16)18)19-14(17)9-20-13-7-6-11-4-2-3-5-12(11)8-13/h2-8,10H,9H2,1H3,(H2,16,18)/t10-/m1/s1. The molecule has 4 nitrogen and oxygen atoms in total. The van der Waals surface area contributed by atoms with Crippen LogP contribution in [0.15, 0.2) is 47.4 Å². The number of benzene rings is 2. The van der Waals surface area contributed by atoms with Crippen molar-refractivity contribution in [2.45, 2.75) is 17.9 Å². The third kappa shape index (κ3) is 3.74. The van der Waals surface area contributed by atoms with Gasteiger partial charge >= 0.3 is 5.97 Å². The van der Waals surface area contributed by atoms with Crippen molar-refractivity contribution in [1.82, 2.24) is 0 Å². The number of primary amides is 1. The number of hydrogen-bond donors (Lipinski definition) is 1. The number of thioether (sulfide) groups is 1. The Hall–Kier alpha value is -2.01. The molecule has 0 unspecified atom stereocenters. The third-order valence-electron chi connectivity index (χ3n) is 2.79. The minimum atomic E-state index is -0.889. The van der Waals surface area contributed by atoms with Gasteiger partial charge in [0.2, 0.25) is 0 Å². The van der Waals surface area contributed by atoms with Crippen LogP contribution in [-0.2, 0) is 14.3 Å². The van der Waals surface area contributed by atoms with E-state index in [-0.39, 0.29) is 5.75 Å². The highest BCUT2D eigenvalue weighted by Gasteiger charge is 2.14. The predicted octanol–water partition coefficient (Wildman–Crippen LogP) is 2.35. The molecule has 0 spiro atoms. The number of rotatable bonds is 5. The van der Waals surface area contributed by atoms with E-state index in [1.165, 1.54) is 18.7 Å². The van der Waals surface area contributed by atoms with Crippen LogP contribution >= 0.6 is 11.8 Å². The van der Waals surface area contributed by atoms with Gasteiger partial charge in [-0.05, 0) is 29.8 Å². The normalized spacial score (nSPS) is 12.1. The van der Waals surface area contributed by atoms with E-state index in [0.717, 1.165) is 15.7 Å². The van der Waals surface area contributed by atoms with Gasteiger partial charge in [-0.1, -0.05) is 30.3 Å². The Morgan fingerprint density at radius 2 is 1.90 bits per heavy atom. The molecule has 0 radical (unpaired) electrons. The highest BCUT2D eigenvalue weighted by atomic mass is 32.2. The summed E-state index contributed by atoms with van der Waals surface area (Å²) in [6.45, 7) is 1.46. The smallest absolute Gasteiger partial charge is 0.317 e. The number of carbonyl (C=O) groups excluding carboxylic acids is 2. The van der Waals surface area contributed by atoms with E-state index >= 15 is 0 Å². The average molecular weight is 289 g/mol. The summed E-state index contributed by atoms with van der Waals surface area (Å²) in [7, 11) is 0. The highest BCUT2D eigenvalue weighted by molar-refractivity contribution is 8.00. The molecule has 0 aliphatic carbocycles. The third-order valence-corrected chi connectivity index (χ3v) is 3.75. The zero-order chi connectivity index (χ0) is 14.5. The number of carbonyl (C=O) groups is 2. The maximum absolute atomic E-state index is 11.5. The van der Waals surface area contributed by atoms with Crippen LogP contribution in [-0.4, -0.2) is 23.7 Å². The van der Waals surface area contributed by atoms with Gasteiger partial charge in [0, 0.05) is 4.90 Å². The maximum atomic E-state index is 11.5. The number of amides is 1. The Morgan fingerprint density at radius 3 is 2.60 bits per heavy atom. The first-order valence-corrected chi connectivity index (χ1v) is 7.15. The van der Waals surface area contributed by atoms with Gasteiger partial charge in [-0.2, -0.15) is 0 Å². The topological polar surface area (TPSA) is 69.4 Å². The van der Waals surface area contributed by atoms with E-state index in [1.807, 2.05) is 42.5 Å². The number of esters is 1. The lowest BCUT2D eigenvalue weighted by Crippen LogP contribution is -2.30. The molecular weight excluding hydrogens is 274 g/mol. The molecule has 0 aromatic heterocycles. The first-order valence-electron chi connectivity index (χ1n) is 6.16. The summed E-state index contributed by atoms with van der Waals surface area (Å²) in [6.07, 6.45) is -0.889. The van der Waals surface area contributed by atoms with Crippen LogP contribution in [0.25, 0.3) is 10.8 Å². The fourth-order valence-electron chi connectivity index (χ4n) is 1.69. The van der Waals surface area contributed by atoms with Crippen molar-refractivity contribution in [3.05, 3.63) is 42.5 Å². The van der Waals surface area contributed by atoms with Crippen molar-refractivity contribution in [3.63, 3.8) is 0 Å². The molecule has 2 N–H and O–H groups in total. The van der Waals surface area contributed by atoms with Gasteiger partial charge in [-0.3, -0.25) is 9.59 Å². The van der Waals surface area contributed by atoms with E-state index in [4.69, 9.17) is 10.5 Å². The Balaban J connectivity index is 1.95. The summed E-state index contributed by atoms with van der Waals surface area (Å²) >= 11 is 1.37. The van der Waals surface area contributed by atoms with Crippen LogP contribution in [0.3, 0.4) is 0 Å². The number of hydrogen-bond acceptors (Lipinski definition) is 4. The van der Waals surface area contributed by atoms with Crippen LogP contribution in [0.2, 0.25) is 0 Å². The van der Waals surface area contributed by atoms with Crippen molar-refractivity contribution in [1.29, 1.82) is 0 Å². The molecule has 0 bridgehead atoms. The van der Waals surface area contributed by atoms with E-state index in [2.05, 4.69) is 0 Å². The molecule has 5 heteroatoms. The SMILES string of the molecule is C[C@@H](OC(=O)CSc1ccc2ccccc2c1)C(N)=O. The average Bonchev–Trinajstić information content (AvgIpc) is 2.44. The quantitative estimate of drug-likeness (QED) is 0.677. The maximum Gasteiger partial charge on any atom is 0.317 e. The molecule has 0 heterocycles. The van der Waals surface area contributed by atoms with Gasteiger partial charge in [-0.15, -0.1) is 11.8 Å². The van der Waals surface area contributed by atoms with Gasteiger partial charge in [0.05, 0.1) is 5.75 Å². The van der Waals surface area contributed by atoms with Crippen LogP contribution in [0.4, 0.5) is 0 Å². The van der Waals surface area contributed by atoms with Crippen molar-refractivity contribution in [2.24, 2.45) is 5.73 Å². The highest BCUT2D eigenvalue weighted by Crippen LogP contribution is 2.23. The molecule has 0 aliphatic heterocycles. The van der Waals surface area contributed by atoms with Crippen molar-refractivity contribution < 1.29 is 14.3 Å². The number of nitrogens with two attached hydrogens (primary N) is 1. The van der Waals surface area contributed by atoms with Gasteiger partial charge in [0.1, 0.15) is 0 Å². The van der Waals surface area contributed by atoms with Gasteiger partial charge in [-0.25, -0.2) is 0 Å². The molecule has 0 saturated carbocycles. The van der Waals surface area contributed by atoms with Crippen LogP contribution < -0.4 is 5.73 Å². The molecule has 20 heavy (non-hydrogen) atoms. The molecule has 2 rings (SSSR count). The molecule has 0 aliphatic rings. The lowest BCUT2D eigenvalue weighted by atomic mass is 10.1. The molecule has 0 saturated heterocycles. The van der Waals surface area contributed by atoms with E-state index < -0.39 is 18.0 Å². The molecule has 1 amide bonds. The van der Waals surface area contributed by atoms with E-state index in [1.54, 1.807) is 0 Å². The van der Waals surface area contributed by atoms with Gasteiger partial charge in [0.15, 0.2) is 6.10 Å². The Morgan fingerprint density at radius 1 is 1.20 bits per heavy atom. The lowest BCUT2D eigenvalue weighted by molar-refractivity contribution is -0.151. The number of ether oxygens (including phenoxy) is 1. The fourth-order valence-corrected chi connectivity index (χ4v) is 2.42. The molecule has 2 aromatic rings. The second-order valence-electron chi connectivity index (χ2n) is 4.33. The summed E-state index contributed by atoms with van der Waals surface area (Å²) < 4.78 is 4.89. The van der Waals surface area contributed by atoms with Crippen molar-refractivity contribution >= 4 is 34.4 Å². The Bertz CT molecular complexity index is 642. The van der Waals surface area contributed by atoms with E-state index in [0.29, 0.717) is 0 Å². The largest absolute Gasteiger partial charge is 0.452 e. The molecule has 0 fully saturated rings. The summed E-state index contributed by atoms with van der Waals surface area (Å²) in [5.74, 6) is -0.945. The summed E-state index contributed by atoms with van der Waals surface area (Å²) in [4.78, 5) is 23.3. The monoisotopic (exact) mass is 289 g/mol. The van der Waals surface area contributed by atoms with Gasteiger partial charge in [0.25, 0.3) is 5.91 Å². The van der Waals surface area contributed by atoms with E-state index in [9.17, 15) is 9.59 Å². The predicted molar refractivity (Wildman–Crippen MR) is 79.4 cm³/mol. The molecule has 1 atom stereocenters. The number of fused-ring (bicyclic) bond motifs is 1. The molecule has 2 aromatic carbocycles. The fraction of sp³-hybridized carbons (Fsp3) is 0.200. The summed E-state index contributed by atoms with van der Waals surface area (Å²) in [5, 5.41) is 2.28. The zero-order valence-electron chi connectivity index (χ0n) is 11.0. The summed E-state index contributed by atoms with van der Waals surface area (Å²) in [6, 6.07) is 14.0. The lowest BCUT2D eigenvalue weighted by Gasteiger charge is -2.09. The zero-order valence-corrected chi connectivity index (χ0v) is 11.9. The first kappa shape index (κ1) is 14.4. The Kier molecular flexibility index (Phi) is 4.63. The molecular formula is C15H15NO3S. The van der Waals surface area contributed by atoms with Crippen LogP contribution in [0, 0.1) is 0 Å². The minimum Gasteiger partial charge on any atom is -0.452 e. The first-order chi connectivity index (χ1) is 9.56.